The minimum atomic E-state index is -1.68. The highest BCUT2D eigenvalue weighted by Crippen LogP contribution is 2.34. The van der Waals surface area contributed by atoms with Crippen LogP contribution in [0.25, 0.3) is 0 Å². The first-order valence-electron chi connectivity index (χ1n) is 4.01. The van der Waals surface area contributed by atoms with Gasteiger partial charge in [-0.2, -0.15) is 0 Å². The van der Waals surface area contributed by atoms with Crippen molar-refractivity contribution in [2.45, 2.75) is 12.4 Å². The number of carboxylic acid groups (broad SMARTS) is 1. The van der Waals surface area contributed by atoms with Crippen molar-refractivity contribution in [3.8, 4) is 11.5 Å². The van der Waals surface area contributed by atoms with Crippen molar-refractivity contribution in [3.63, 3.8) is 0 Å². The van der Waals surface area contributed by atoms with Gasteiger partial charge in [-0.1, -0.05) is 12.1 Å². The molecule has 0 fully saturated rings. The van der Waals surface area contributed by atoms with E-state index in [1.165, 1.54) is 0 Å². The molecule has 0 unspecified atom stereocenters. The lowest BCUT2D eigenvalue weighted by molar-refractivity contribution is -0.159. The van der Waals surface area contributed by atoms with Crippen LogP contribution in [0.4, 0.5) is 0 Å². The summed E-state index contributed by atoms with van der Waals surface area (Å²) in [4.78, 5) is 10.4. The highest BCUT2D eigenvalue weighted by Gasteiger charge is 2.35. The maximum atomic E-state index is 10.4. The Morgan fingerprint density at radius 3 is 2.21 bits per heavy atom. The van der Waals surface area contributed by atoms with Crippen LogP contribution in [0.2, 0.25) is 0 Å². The van der Waals surface area contributed by atoms with E-state index < -0.39 is 18.4 Å². The standard InChI is InChI=1S/C9H8O5/c10-7(8(11)12)9-13-5-3-1-2-4-6(5)14-9/h1-4,7,9-10H,(H,11,12)/t7-/m0/s1. The first-order valence-corrected chi connectivity index (χ1v) is 4.01. The molecule has 1 aromatic carbocycles. The zero-order valence-corrected chi connectivity index (χ0v) is 7.08. The first-order chi connectivity index (χ1) is 6.68. The fourth-order valence-electron chi connectivity index (χ4n) is 1.16. The molecule has 14 heavy (non-hydrogen) atoms. The number of para-hydroxylation sites is 2. The van der Waals surface area contributed by atoms with Gasteiger partial charge in [-0.25, -0.2) is 4.79 Å². The Morgan fingerprint density at radius 2 is 1.79 bits per heavy atom. The molecular weight excluding hydrogens is 188 g/mol. The minimum Gasteiger partial charge on any atom is -0.479 e. The second-order valence-electron chi connectivity index (χ2n) is 2.83. The lowest BCUT2D eigenvalue weighted by atomic mass is 10.3. The number of ether oxygens (including phenoxy) is 2. The molecule has 0 bridgehead atoms. The molecule has 0 spiro atoms. The van der Waals surface area contributed by atoms with Gasteiger partial charge in [-0.3, -0.25) is 0 Å². The summed E-state index contributed by atoms with van der Waals surface area (Å²) in [6, 6.07) is 6.75. The SMILES string of the molecule is O=C(O)[C@H](O)C1Oc2ccccc2O1. The van der Waals surface area contributed by atoms with E-state index in [-0.39, 0.29) is 0 Å². The van der Waals surface area contributed by atoms with Crippen molar-refractivity contribution in [2.75, 3.05) is 0 Å². The number of hydrogen-bond donors (Lipinski definition) is 2. The number of fused-ring (bicyclic) bond motifs is 1. The van der Waals surface area contributed by atoms with Crippen molar-refractivity contribution in [1.29, 1.82) is 0 Å². The van der Waals surface area contributed by atoms with Crippen molar-refractivity contribution in [3.05, 3.63) is 24.3 Å². The number of carboxylic acids is 1. The molecule has 2 rings (SSSR count). The number of hydrogen-bond acceptors (Lipinski definition) is 4. The molecule has 0 amide bonds. The number of aliphatic hydroxyl groups excluding tert-OH is 1. The molecule has 0 saturated heterocycles. The van der Waals surface area contributed by atoms with Crippen LogP contribution in [0.5, 0.6) is 11.5 Å². The third-order valence-corrected chi connectivity index (χ3v) is 1.85. The van der Waals surface area contributed by atoms with Gasteiger partial charge < -0.3 is 19.7 Å². The predicted octanol–water partition coefficient (Wildman–Crippen LogP) is 0.229. The van der Waals surface area contributed by atoms with Gasteiger partial charge in [0.1, 0.15) is 0 Å². The zero-order valence-electron chi connectivity index (χ0n) is 7.08. The molecule has 0 aliphatic carbocycles. The van der Waals surface area contributed by atoms with Gasteiger partial charge in [-0.15, -0.1) is 0 Å². The normalized spacial score (nSPS) is 16.6. The summed E-state index contributed by atoms with van der Waals surface area (Å²) in [6.45, 7) is 0. The minimum absolute atomic E-state index is 0.442. The molecular formula is C9H8O5. The highest BCUT2D eigenvalue weighted by molar-refractivity contribution is 5.72. The number of benzene rings is 1. The molecule has 0 radical (unpaired) electrons. The lowest BCUT2D eigenvalue weighted by Gasteiger charge is -2.12. The quantitative estimate of drug-likeness (QED) is 0.708. The Labute approximate surface area is 79.5 Å². The third kappa shape index (κ3) is 1.38. The van der Waals surface area contributed by atoms with Crippen molar-refractivity contribution < 1.29 is 24.5 Å². The Kier molecular flexibility index (Phi) is 2.01. The summed E-state index contributed by atoms with van der Waals surface area (Å²) in [5.74, 6) is -0.488. The fourth-order valence-corrected chi connectivity index (χ4v) is 1.16. The summed E-state index contributed by atoms with van der Waals surface area (Å²) >= 11 is 0. The molecule has 1 aromatic rings. The van der Waals surface area contributed by atoms with Crippen LogP contribution in [0.1, 0.15) is 0 Å². The van der Waals surface area contributed by atoms with Crippen molar-refractivity contribution in [1.82, 2.24) is 0 Å². The van der Waals surface area contributed by atoms with Gasteiger partial charge in [0.15, 0.2) is 11.5 Å². The second kappa shape index (κ2) is 3.19. The van der Waals surface area contributed by atoms with Crippen LogP contribution in [0.15, 0.2) is 24.3 Å². The summed E-state index contributed by atoms with van der Waals surface area (Å²) in [5, 5.41) is 17.7. The largest absolute Gasteiger partial charge is 0.479 e. The van der Waals surface area contributed by atoms with E-state index in [9.17, 15) is 4.79 Å². The zero-order chi connectivity index (χ0) is 10.1. The first kappa shape index (κ1) is 8.83. The summed E-state index contributed by atoms with van der Waals surface area (Å²) in [6.07, 6.45) is -2.84. The van der Waals surface area contributed by atoms with E-state index >= 15 is 0 Å². The Balaban J connectivity index is 2.15. The number of carbonyl (C=O) groups is 1. The van der Waals surface area contributed by atoms with E-state index in [1.54, 1.807) is 24.3 Å². The maximum Gasteiger partial charge on any atom is 0.340 e. The Hall–Kier alpha value is -1.75. The lowest BCUT2D eigenvalue weighted by Crippen LogP contribution is -2.39. The third-order valence-electron chi connectivity index (χ3n) is 1.85. The van der Waals surface area contributed by atoms with Gasteiger partial charge in [0.05, 0.1) is 0 Å². The maximum absolute atomic E-state index is 10.4. The molecule has 5 heteroatoms. The average molecular weight is 196 g/mol. The predicted molar refractivity (Wildman–Crippen MR) is 45.1 cm³/mol. The average Bonchev–Trinajstić information content (AvgIpc) is 2.59. The molecule has 2 N–H and O–H groups in total. The number of aliphatic carboxylic acids is 1. The molecule has 1 atom stereocenters. The van der Waals surface area contributed by atoms with Crippen molar-refractivity contribution >= 4 is 5.97 Å². The van der Waals surface area contributed by atoms with Crippen LogP contribution >= 0.6 is 0 Å². The molecule has 0 saturated carbocycles. The van der Waals surface area contributed by atoms with E-state index in [0.29, 0.717) is 11.5 Å². The Morgan fingerprint density at radius 1 is 1.29 bits per heavy atom. The Bertz CT molecular complexity index is 337. The van der Waals surface area contributed by atoms with Gasteiger partial charge in [0.25, 0.3) is 6.29 Å². The number of aliphatic hydroxyl groups is 1. The summed E-state index contributed by atoms with van der Waals surface area (Å²) < 4.78 is 10.2. The second-order valence-corrected chi connectivity index (χ2v) is 2.83. The monoisotopic (exact) mass is 196 g/mol. The number of rotatable bonds is 2. The molecule has 0 aromatic heterocycles. The van der Waals surface area contributed by atoms with Gasteiger partial charge >= 0.3 is 5.97 Å². The fraction of sp³-hybridized carbons (Fsp3) is 0.222. The van der Waals surface area contributed by atoms with Crippen LogP contribution in [0.3, 0.4) is 0 Å². The summed E-state index contributed by atoms with van der Waals surface area (Å²) in [5.41, 5.74) is 0. The van der Waals surface area contributed by atoms with E-state index in [0.717, 1.165) is 0 Å². The highest BCUT2D eigenvalue weighted by atomic mass is 16.7. The topological polar surface area (TPSA) is 76.0 Å². The molecule has 74 valence electrons. The van der Waals surface area contributed by atoms with Gasteiger partial charge in [0.2, 0.25) is 6.10 Å². The molecule has 5 nitrogen and oxygen atoms in total. The van der Waals surface area contributed by atoms with Crippen LogP contribution in [-0.4, -0.2) is 28.6 Å². The van der Waals surface area contributed by atoms with Crippen LogP contribution in [-0.2, 0) is 4.79 Å². The van der Waals surface area contributed by atoms with Crippen LogP contribution < -0.4 is 9.47 Å². The molecule has 1 aliphatic rings. The molecule has 1 heterocycles. The van der Waals surface area contributed by atoms with Gasteiger partial charge in [0, 0.05) is 0 Å². The summed E-state index contributed by atoms with van der Waals surface area (Å²) in [7, 11) is 0. The van der Waals surface area contributed by atoms with Gasteiger partial charge in [-0.05, 0) is 12.1 Å². The van der Waals surface area contributed by atoms with Crippen molar-refractivity contribution in [2.24, 2.45) is 0 Å². The molecule has 1 aliphatic heterocycles. The smallest absolute Gasteiger partial charge is 0.340 e. The van der Waals surface area contributed by atoms with E-state index in [2.05, 4.69) is 0 Å². The van der Waals surface area contributed by atoms with E-state index in [4.69, 9.17) is 19.7 Å². The van der Waals surface area contributed by atoms with E-state index in [1.807, 2.05) is 0 Å². The van der Waals surface area contributed by atoms with Crippen LogP contribution in [0, 0.1) is 0 Å².